The first-order valence-electron chi connectivity index (χ1n) is 7.80. The summed E-state index contributed by atoms with van der Waals surface area (Å²) in [7, 11) is -2.00. The van der Waals surface area contributed by atoms with E-state index in [1.54, 1.807) is 36.4 Å². The Morgan fingerprint density at radius 2 is 1.77 bits per heavy atom. The Morgan fingerprint density at radius 1 is 1.08 bits per heavy atom. The summed E-state index contributed by atoms with van der Waals surface area (Å²) in [6.45, 7) is 0. The van der Waals surface area contributed by atoms with Crippen molar-refractivity contribution in [3.63, 3.8) is 0 Å². The van der Waals surface area contributed by atoms with Crippen LogP contribution in [0.2, 0.25) is 0 Å². The lowest BCUT2D eigenvalue weighted by atomic mass is 10.2. The molecule has 1 N–H and O–H groups in total. The van der Waals surface area contributed by atoms with Gasteiger partial charge in [-0.25, -0.2) is 13.4 Å². The number of anilines is 2. The van der Waals surface area contributed by atoms with Gasteiger partial charge in [0.05, 0.1) is 23.2 Å². The molecule has 26 heavy (non-hydrogen) atoms. The highest BCUT2D eigenvalue weighted by molar-refractivity contribution is 7.92. The average molecular weight is 370 g/mol. The van der Waals surface area contributed by atoms with E-state index >= 15 is 0 Å². The molecule has 0 fully saturated rings. The molecule has 0 aliphatic rings. The molecule has 1 amide bonds. The van der Waals surface area contributed by atoms with Crippen LogP contribution in [0.15, 0.2) is 67.1 Å². The monoisotopic (exact) mass is 370 g/mol. The van der Waals surface area contributed by atoms with E-state index < -0.39 is 10.0 Å². The number of carbonyl (C=O) groups is 1. The summed E-state index contributed by atoms with van der Waals surface area (Å²) in [6.07, 6.45) is 6.31. The molecule has 0 aliphatic carbocycles. The Morgan fingerprint density at radius 3 is 2.38 bits per heavy atom. The minimum absolute atomic E-state index is 0.370. The fourth-order valence-electron chi connectivity index (χ4n) is 2.39. The summed E-state index contributed by atoms with van der Waals surface area (Å²) >= 11 is 0. The molecule has 0 bridgehead atoms. The van der Waals surface area contributed by atoms with Gasteiger partial charge in [-0.2, -0.15) is 0 Å². The van der Waals surface area contributed by atoms with Gasteiger partial charge in [-0.05, 0) is 36.4 Å². The summed E-state index contributed by atoms with van der Waals surface area (Å²) in [4.78, 5) is 16.8. The first-order chi connectivity index (χ1) is 12.4. The number of aromatic nitrogens is 2. The number of hydrogen-bond donors (Lipinski definition) is 1. The van der Waals surface area contributed by atoms with Crippen molar-refractivity contribution >= 4 is 27.3 Å². The maximum absolute atomic E-state index is 12.5. The van der Waals surface area contributed by atoms with Gasteiger partial charge in [0.25, 0.3) is 5.91 Å². The van der Waals surface area contributed by atoms with Crippen LogP contribution in [0.5, 0.6) is 0 Å². The van der Waals surface area contributed by atoms with Gasteiger partial charge in [-0.15, -0.1) is 0 Å². The van der Waals surface area contributed by atoms with Gasteiger partial charge >= 0.3 is 0 Å². The van der Waals surface area contributed by atoms with Crippen LogP contribution in [0.4, 0.5) is 11.4 Å². The maximum Gasteiger partial charge on any atom is 0.257 e. The third kappa shape index (κ3) is 3.75. The molecule has 8 heteroatoms. The SMILES string of the molecule is CN(c1ccccc1NC(=O)c1ccc(-n2cccc2)nc1)S(C)(=O)=O. The predicted molar refractivity (Wildman–Crippen MR) is 101 cm³/mol. The van der Waals surface area contributed by atoms with Crippen molar-refractivity contribution in [1.82, 2.24) is 9.55 Å². The fraction of sp³-hybridized carbons (Fsp3) is 0.111. The molecule has 2 aromatic heterocycles. The third-order valence-corrected chi connectivity index (χ3v) is 5.06. The van der Waals surface area contributed by atoms with Crippen LogP contribution in [0.3, 0.4) is 0 Å². The molecule has 134 valence electrons. The quantitative estimate of drug-likeness (QED) is 0.748. The summed E-state index contributed by atoms with van der Waals surface area (Å²) < 4.78 is 26.5. The second-order valence-electron chi connectivity index (χ2n) is 5.70. The van der Waals surface area contributed by atoms with E-state index in [1.807, 2.05) is 29.1 Å². The molecule has 0 saturated heterocycles. The summed E-state index contributed by atoms with van der Waals surface area (Å²) in [5.74, 6) is 0.328. The molecule has 2 heterocycles. The minimum Gasteiger partial charge on any atom is -0.320 e. The van der Waals surface area contributed by atoms with Gasteiger partial charge in [-0.1, -0.05) is 12.1 Å². The second kappa shape index (κ2) is 7.01. The molecule has 0 radical (unpaired) electrons. The Labute approximate surface area is 152 Å². The molecule has 7 nitrogen and oxygen atoms in total. The molecule has 3 aromatic rings. The number of rotatable bonds is 5. The van der Waals surface area contributed by atoms with Gasteiger partial charge in [0, 0.05) is 25.6 Å². The van der Waals surface area contributed by atoms with Crippen LogP contribution in [-0.4, -0.2) is 37.2 Å². The molecule has 3 rings (SSSR count). The molecule has 0 spiro atoms. The zero-order chi connectivity index (χ0) is 18.7. The lowest BCUT2D eigenvalue weighted by molar-refractivity contribution is 0.102. The lowest BCUT2D eigenvalue weighted by Gasteiger charge is -2.20. The van der Waals surface area contributed by atoms with Crippen LogP contribution in [-0.2, 0) is 10.0 Å². The smallest absolute Gasteiger partial charge is 0.257 e. The highest BCUT2D eigenvalue weighted by Gasteiger charge is 2.17. The van der Waals surface area contributed by atoms with Crippen molar-refractivity contribution in [2.75, 3.05) is 22.9 Å². The minimum atomic E-state index is -3.44. The highest BCUT2D eigenvalue weighted by atomic mass is 32.2. The number of nitrogens with one attached hydrogen (secondary N) is 1. The molecule has 0 unspecified atom stereocenters. The van der Waals surface area contributed by atoms with Crippen LogP contribution in [0, 0.1) is 0 Å². The van der Waals surface area contributed by atoms with E-state index in [0.717, 1.165) is 10.6 Å². The van der Waals surface area contributed by atoms with E-state index in [9.17, 15) is 13.2 Å². The van der Waals surface area contributed by atoms with Gasteiger partial charge in [0.15, 0.2) is 0 Å². The molecular weight excluding hydrogens is 352 g/mol. The molecule has 1 aromatic carbocycles. The number of hydrogen-bond acceptors (Lipinski definition) is 4. The summed E-state index contributed by atoms with van der Waals surface area (Å²) in [5.41, 5.74) is 1.16. The molecule has 0 atom stereocenters. The first-order valence-corrected chi connectivity index (χ1v) is 9.65. The average Bonchev–Trinajstić information content (AvgIpc) is 3.15. The van der Waals surface area contributed by atoms with Crippen LogP contribution < -0.4 is 9.62 Å². The van der Waals surface area contributed by atoms with Crippen molar-refractivity contribution in [3.05, 3.63) is 72.7 Å². The van der Waals surface area contributed by atoms with Crippen molar-refractivity contribution in [2.45, 2.75) is 0 Å². The van der Waals surface area contributed by atoms with Gasteiger partial charge in [-0.3, -0.25) is 9.10 Å². The predicted octanol–water partition coefficient (Wildman–Crippen LogP) is 2.52. The van der Waals surface area contributed by atoms with E-state index in [0.29, 0.717) is 22.8 Å². The van der Waals surface area contributed by atoms with Crippen molar-refractivity contribution in [1.29, 1.82) is 0 Å². The number of benzene rings is 1. The summed E-state index contributed by atoms with van der Waals surface area (Å²) in [5, 5.41) is 2.74. The molecule has 0 saturated carbocycles. The van der Waals surface area contributed by atoms with E-state index in [1.165, 1.54) is 13.2 Å². The zero-order valence-corrected chi connectivity index (χ0v) is 15.1. The van der Waals surface area contributed by atoms with Crippen molar-refractivity contribution < 1.29 is 13.2 Å². The number of amides is 1. The number of pyridine rings is 1. The number of carbonyl (C=O) groups excluding carboxylic acids is 1. The standard InChI is InChI=1S/C18H18N4O3S/c1-21(26(2,24)25)16-8-4-3-7-15(16)20-18(23)14-9-10-17(19-13-14)22-11-5-6-12-22/h3-13H,1-2H3,(H,20,23). The Hall–Kier alpha value is -3.13. The van der Waals surface area contributed by atoms with Gasteiger partial charge in [0.2, 0.25) is 10.0 Å². The third-order valence-electron chi connectivity index (χ3n) is 3.87. The fourth-order valence-corrected chi connectivity index (χ4v) is 2.90. The van der Waals surface area contributed by atoms with E-state index in [2.05, 4.69) is 10.3 Å². The Bertz CT molecular complexity index is 1010. The highest BCUT2D eigenvalue weighted by Crippen LogP contribution is 2.26. The second-order valence-corrected chi connectivity index (χ2v) is 7.71. The van der Waals surface area contributed by atoms with Crippen molar-refractivity contribution in [3.8, 4) is 5.82 Å². The van der Waals surface area contributed by atoms with Gasteiger partial charge < -0.3 is 9.88 Å². The number of para-hydroxylation sites is 2. The lowest BCUT2D eigenvalue weighted by Crippen LogP contribution is -2.26. The van der Waals surface area contributed by atoms with Crippen LogP contribution in [0.25, 0.3) is 5.82 Å². The molecular formula is C18H18N4O3S. The van der Waals surface area contributed by atoms with Gasteiger partial charge in [0.1, 0.15) is 5.82 Å². The van der Waals surface area contributed by atoms with E-state index in [4.69, 9.17) is 0 Å². The van der Waals surface area contributed by atoms with Crippen molar-refractivity contribution in [2.24, 2.45) is 0 Å². The first kappa shape index (κ1) is 17.7. The number of sulfonamides is 1. The van der Waals surface area contributed by atoms with E-state index in [-0.39, 0.29) is 5.91 Å². The normalized spacial score (nSPS) is 11.2. The zero-order valence-electron chi connectivity index (χ0n) is 14.3. The maximum atomic E-state index is 12.5. The number of nitrogens with zero attached hydrogens (tertiary/aromatic N) is 3. The Kier molecular flexibility index (Phi) is 4.77. The largest absolute Gasteiger partial charge is 0.320 e. The van der Waals surface area contributed by atoms with Crippen LogP contribution in [0.1, 0.15) is 10.4 Å². The van der Waals surface area contributed by atoms with Crippen LogP contribution >= 0.6 is 0 Å². The molecule has 0 aliphatic heterocycles. The topological polar surface area (TPSA) is 84.3 Å². The summed E-state index contributed by atoms with van der Waals surface area (Å²) in [6, 6.07) is 13.9. The Balaban J connectivity index is 1.83.